The molecule has 1 rings (SSSR count). The minimum Gasteiger partial charge on any atom is -0.330 e. The van der Waals surface area contributed by atoms with Gasteiger partial charge in [-0.3, -0.25) is 4.79 Å². The second-order valence-electron chi connectivity index (χ2n) is 5.62. The molecule has 0 bridgehead atoms. The SMILES string of the molecule is CC(C)c1ccccc1NC(=O)C(C)(C)CCN. The molecule has 0 fully saturated rings. The van der Waals surface area contributed by atoms with Crippen LogP contribution in [0.25, 0.3) is 0 Å². The summed E-state index contributed by atoms with van der Waals surface area (Å²) in [5.74, 6) is 0.417. The minimum atomic E-state index is -0.432. The van der Waals surface area contributed by atoms with Crippen LogP contribution in [0.15, 0.2) is 24.3 Å². The van der Waals surface area contributed by atoms with E-state index in [1.165, 1.54) is 0 Å². The predicted molar refractivity (Wildman–Crippen MR) is 76.6 cm³/mol. The van der Waals surface area contributed by atoms with E-state index in [9.17, 15) is 4.79 Å². The maximum atomic E-state index is 12.2. The smallest absolute Gasteiger partial charge is 0.230 e. The van der Waals surface area contributed by atoms with Gasteiger partial charge in [0.1, 0.15) is 0 Å². The molecular weight excluding hydrogens is 224 g/mol. The van der Waals surface area contributed by atoms with Crippen LogP contribution in [0.5, 0.6) is 0 Å². The zero-order valence-corrected chi connectivity index (χ0v) is 11.8. The van der Waals surface area contributed by atoms with Gasteiger partial charge in [0.15, 0.2) is 0 Å². The summed E-state index contributed by atoms with van der Waals surface area (Å²) >= 11 is 0. The molecule has 0 aliphatic heterocycles. The minimum absolute atomic E-state index is 0.0288. The lowest BCUT2D eigenvalue weighted by Crippen LogP contribution is -2.33. The normalized spacial score (nSPS) is 11.7. The Kier molecular flexibility index (Phi) is 4.91. The molecule has 3 N–H and O–H groups in total. The summed E-state index contributed by atoms with van der Waals surface area (Å²) in [7, 11) is 0. The van der Waals surface area contributed by atoms with Gasteiger partial charge in [-0.05, 0) is 30.5 Å². The van der Waals surface area contributed by atoms with Gasteiger partial charge in [0, 0.05) is 11.1 Å². The van der Waals surface area contributed by atoms with Crippen molar-refractivity contribution in [1.29, 1.82) is 0 Å². The van der Waals surface area contributed by atoms with Crippen molar-refractivity contribution in [3.63, 3.8) is 0 Å². The van der Waals surface area contributed by atoms with Crippen molar-refractivity contribution in [3.05, 3.63) is 29.8 Å². The first-order chi connectivity index (χ1) is 8.38. The molecule has 18 heavy (non-hydrogen) atoms. The van der Waals surface area contributed by atoms with Crippen LogP contribution in [0.2, 0.25) is 0 Å². The van der Waals surface area contributed by atoms with Crippen molar-refractivity contribution in [3.8, 4) is 0 Å². The predicted octanol–water partition coefficient (Wildman–Crippen LogP) is 3.12. The number of anilines is 1. The van der Waals surface area contributed by atoms with Gasteiger partial charge in [0.2, 0.25) is 5.91 Å². The van der Waals surface area contributed by atoms with Crippen molar-refractivity contribution in [2.45, 2.75) is 40.0 Å². The fourth-order valence-corrected chi connectivity index (χ4v) is 1.88. The number of carbonyl (C=O) groups is 1. The molecular formula is C15H24N2O. The van der Waals surface area contributed by atoms with Crippen molar-refractivity contribution in [2.24, 2.45) is 11.1 Å². The number of hydrogen-bond acceptors (Lipinski definition) is 2. The van der Waals surface area contributed by atoms with Crippen LogP contribution < -0.4 is 11.1 Å². The number of benzene rings is 1. The quantitative estimate of drug-likeness (QED) is 0.841. The highest BCUT2D eigenvalue weighted by molar-refractivity contribution is 5.95. The van der Waals surface area contributed by atoms with Crippen LogP contribution in [-0.4, -0.2) is 12.5 Å². The number of carbonyl (C=O) groups excluding carboxylic acids is 1. The molecule has 0 aromatic heterocycles. The van der Waals surface area contributed by atoms with Crippen LogP contribution in [0.3, 0.4) is 0 Å². The number of hydrogen-bond donors (Lipinski definition) is 2. The molecule has 1 aromatic carbocycles. The Balaban J connectivity index is 2.88. The Morgan fingerprint density at radius 1 is 1.33 bits per heavy atom. The van der Waals surface area contributed by atoms with Gasteiger partial charge in [0.05, 0.1) is 0 Å². The number of para-hydroxylation sites is 1. The lowest BCUT2D eigenvalue weighted by molar-refractivity contribution is -0.124. The third kappa shape index (κ3) is 3.57. The lowest BCUT2D eigenvalue weighted by Gasteiger charge is -2.24. The number of nitrogens with one attached hydrogen (secondary N) is 1. The molecule has 100 valence electrons. The Morgan fingerprint density at radius 3 is 2.50 bits per heavy atom. The van der Waals surface area contributed by atoms with Crippen LogP contribution >= 0.6 is 0 Å². The van der Waals surface area contributed by atoms with E-state index < -0.39 is 5.41 Å². The highest BCUT2D eigenvalue weighted by atomic mass is 16.2. The van der Waals surface area contributed by atoms with Crippen LogP contribution in [0, 0.1) is 5.41 Å². The Bertz CT molecular complexity index is 411. The van der Waals surface area contributed by atoms with Crippen molar-refractivity contribution in [1.82, 2.24) is 0 Å². The van der Waals surface area contributed by atoms with E-state index in [0.29, 0.717) is 18.9 Å². The van der Waals surface area contributed by atoms with E-state index in [1.807, 2.05) is 32.0 Å². The molecule has 0 heterocycles. The monoisotopic (exact) mass is 248 g/mol. The number of nitrogens with two attached hydrogens (primary N) is 1. The summed E-state index contributed by atoms with van der Waals surface area (Å²) in [5, 5.41) is 3.02. The molecule has 0 spiro atoms. The fourth-order valence-electron chi connectivity index (χ4n) is 1.88. The van der Waals surface area contributed by atoms with Gasteiger partial charge in [-0.25, -0.2) is 0 Å². The van der Waals surface area contributed by atoms with Crippen LogP contribution in [0.1, 0.15) is 45.6 Å². The summed E-state index contributed by atoms with van der Waals surface area (Å²) in [6, 6.07) is 7.94. The zero-order valence-electron chi connectivity index (χ0n) is 11.8. The molecule has 0 atom stereocenters. The first kappa shape index (κ1) is 14.7. The van der Waals surface area contributed by atoms with Crippen LogP contribution in [-0.2, 0) is 4.79 Å². The van der Waals surface area contributed by atoms with Gasteiger partial charge in [-0.15, -0.1) is 0 Å². The Morgan fingerprint density at radius 2 is 1.94 bits per heavy atom. The van der Waals surface area contributed by atoms with E-state index in [-0.39, 0.29) is 5.91 Å². The number of rotatable bonds is 5. The molecule has 0 aliphatic rings. The summed E-state index contributed by atoms with van der Waals surface area (Å²) in [6.07, 6.45) is 0.683. The van der Waals surface area contributed by atoms with Crippen LogP contribution in [0.4, 0.5) is 5.69 Å². The zero-order chi connectivity index (χ0) is 13.8. The van der Waals surface area contributed by atoms with E-state index in [4.69, 9.17) is 5.73 Å². The van der Waals surface area contributed by atoms with E-state index in [0.717, 1.165) is 11.3 Å². The van der Waals surface area contributed by atoms with E-state index in [1.54, 1.807) is 0 Å². The Hall–Kier alpha value is -1.35. The van der Waals surface area contributed by atoms with Gasteiger partial charge in [-0.1, -0.05) is 45.9 Å². The maximum Gasteiger partial charge on any atom is 0.230 e. The van der Waals surface area contributed by atoms with Gasteiger partial charge < -0.3 is 11.1 Å². The molecule has 0 saturated heterocycles. The summed E-state index contributed by atoms with van der Waals surface area (Å²) in [6.45, 7) is 8.61. The molecule has 3 nitrogen and oxygen atoms in total. The van der Waals surface area contributed by atoms with Gasteiger partial charge in [-0.2, -0.15) is 0 Å². The van der Waals surface area contributed by atoms with E-state index >= 15 is 0 Å². The third-order valence-electron chi connectivity index (χ3n) is 3.22. The largest absolute Gasteiger partial charge is 0.330 e. The summed E-state index contributed by atoms with van der Waals surface area (Å²) in [5.41, 5.74) is 7.18. The molecule has 1 amide bonds. The average Bonchev–Trinajstić information content (AvgIpc) is 2.29. The van der Waals surface area contributed by atoms with Crippen molar-refractivity contribution < 1.29 is 4.79 Å². The highest BCUT2D eigenvalue weighted by Gasteiger charge is 2.27. The second kappa shape index (κ2) is 6.01. The lowest BCUT2D eigenvalue weighted by atomic mass is 9.88. The highest BCUT2D eigenvalue weighted by Crippen LogP contribution is 2.27. The number of amides is 1. The topological polar surface area (TPSA) is 55.1 Å². The van der Waals surface area contributed by atoms with Crippen molar-refractivity contribution >= 4 is 11.6 Å². The first-order valence-electron chi connectivity index (χ1n) is 6.49. The van der Waals surface area contributed by atoms with E-state index in [2.05, 4.69) is 25.2 Å². The van der Waals surface area contributed by atoms with Gasteiger partial charge in [0.25, 0.3) is 0 Å². The third-order valence-corrected chi connectivity index (χ3v) is 3.22. The molecule has 0 unspecified atom stereocenters. The Labute approximate surface area is 110 Å². The second-order valence-corrected chi connectivity index (χ2v) is 5.62. The first-order valence-corrected chi connectivity index (χ1v) is 6.49. The van der Waals surface area contributed by atoms with Crippen molar-refractivity contribution in [2.75, 3.05) is 11.9 Å². The molecule has 0 radical (unpaired) electrons. The summed E-state index contributed by atoms with van der Waals surface area (Å²) in [4.78, 5) is 12.2. The average molecular weight is 248 g/mol. The standard InChI is InChI=1S/C15H24N2O/c1-11(2)12-7-5-6-8-13(12)17-14(18)15(3,4)9-10-16/h5-8,11H,9-10,16H2,1-4H3,(H,17,18). The van der Waals surface area contributed by atoms with Gasteiger partial charge >= 0.3 is 0 Å². The molecule has 3 heteroatoms. The summed E-state index contributed by atoms with van der Waals surface area (Å²) < 4.78 is 0. The molecule has 0 aliphatic carbocycles. The fraction of sp³-hybridized carbons (Fsp3) is 0.533. The molecule has 1 aromatic rings. The molecule has 0 saturated carbocycles. The maximum absolute atomic E-state index is 12.2.